The highest BCUT2D eigenvalue weighted by Crippen LogP contribution is 2.22. The van der Waals surface area contributed by atoms with E-state index in [-0.39, 0.29) is 10.8 Å². The molecule has 1 aromatic carbocycles. The van der Waals surface area contributed by atoms with Crippen LogP contribution in [-0.4, -0.2) is 51.5 Å². The zero-order chi connectivity index (χ0) is 16.9. The summed E-state index contributed by atoms with van der Waals surface area (Å²) in [6.07, 6.45) is 1.89. The van der Waals surface area contributed by atoms with Gasteiger partial charge in [-0.25, -0.2) is 8.42 Å². The predicted molar refractivity (Wildman–Crippen MR) is 88.0 cm³/mol. The minimum Gasteiger partial charge on any atom is -0.379 e. The number of amides is 1. The lowest BCUT2D eigenvalue weighted by atomic mass is 10.1. The third-order valence-corrected chi connectivity index (χ3v) is 5.89. The number of carbonyl (C=O) groups is 1. The van der Waals surface area contributed by atoms with Crippen LogP contribution in [0.3, 0.4) is 0 Å². The summed E-state index contributed by atoms with van der Waals surface area (Å²) in [5.41, 5.74) is 1.01. The summed E-state index contributed by atoms with van der Waals surface area (Å²) >= 11 is 0. The van der Waals surface area contributed by atoms with Gasteiger partial charge in [0.25, 0.3) is 5.91 Å². The van der Waals surface area contributed by atoms with Crippen LogP contribution in [0.5, 0.6) is 0 Å². The first-order chi connectivity index (χ1) is 11.0. The molecule has 1 aliphatic rings. The van der Waals surface area contributed by atoms with E-state index in [9.17, 15) is 13.2 Å². The summed E-state index contributed by atoms with van der Waals surface area (Å²) < 4.78 is 32.2. The van der Waals surface area contributed by atoms with Gasteiger partial charge in [0.05, 0.1) is 18.1 Å². The summed E-state index contributed by atoms with van der Waals surface area (Å²) in [5.74, 6) is -0.239. The van der Waals surface area contributed by atoms with E-state index in [0.717, 1.165) is 12.8 Å². The van der Waals surface area contributed by atoms with Crippen molar-refractivity contribution in [2.24, 2.45) is 0 Å². The summed E-state index contributed by atoms with van der Waals surface area (Å²) in [6.45, 7) is 5.86. The normalized spacial score (nSPS) is 16.3. The van der Waals surface area contributed by atoms with Crippen LogP contribution in [0.1, 0.15) is 35.7 Å². The molecule has 1 heterocycles. The number of hydrogen-bond donors (Lipinski definition) is 1. The van der Waals surface area contributed by atoms with Crippen LogP contribution in [0.25, 0.3) is 0 Å². The van der Waals surface area contributed by atoms with Gasteiger partial charge in [-0.2, -0.15) is 4.31 Å². The maximum absolute atomic E-state index is 12.8. The number of rotatable bonds is 6. The third kappa shape index (κ3) is 4.31. The Balaban J connectivity index is 2.24. The molecule has 23 heavy (non-hydrogen) atoms. The quantitative estimate of drug-likeness (QED) is 0.797. The van der Waals surface area contributed by atoms with Crippen LogP contribution in [0.2, 0.25) is 0 Å². The molecule has 0 radical (unpaired) electrons. The molecule has 0 spiro atoms. The Bertz CT molecular complexity index is 652. The van der Waals surface area contributed by atoms with E-state index in [1.54, 1.807) is 19.1 Å². The molecule has 2 rings (SSSR count). The molecule has 0 atom stereocenters. The summed E-state index contributed by atoms with van der Waals surface area (Å²) in [6, 6.07) is 4.82. The number of morpholine rings is 1. The molecule has 128 valence electrons. The number of nitrogens with zero attached hydrogens (tertiary/aromatic N) is 1. The second-order valence-electron chi connectivity index (χ2n) is 5.61. The van der Waals surface area contributed by atoms with Crippen LogP contribution in [0.4, 0.5) is 0 Å². The lowest BCUT2D eigenvalue weighted by molar-refractivity contribution is 0.0730. The van der Waals surface area contributed by atoms with Crippen molar-refractivity contribution >= 4 is 15.9 Å². The third-order valence-electron chi connectivity index (χ3n) is 3.85. The average Bonchev–Trinajstić information content (AvgIpc) is 2.56. The molecule has 1 saturated heterocycles. The van der Waals surface area contributed by atoms with Crippen LogP contribution in [0.15, 0.2) is 23.1 Å². The molecule has 0 unspecified atom stereocenters. The second kappa shape index (κ2) is 7.90. The Morgan fingerprint density at radius 1 is 1.30 bits per heavy atom. The number of ether oxygens (including phenoxy) is 1. The first-order valence-electron chi connectivity index (χ1n) is 7.93. The monoisotopic (exact) mass is 340 g/mol. The number of unbranched alkanes of at least 4 members (excludes halogenated alkanes) is 1. The molecule has 1 fully saturated rings. The Kier molecular flexibility index (Phi) is 6.15. The fourth-order valence-electron chi connectivity index (χ4n) is 2.43. The fourth-order valence-corrected chi connectivity index (χ4v) is 4.08. The molecular weight excluding hydrogens is 316 g/mol. The van der Waals surface area contributed by atoms with Crippen LogP contribution < -0.4 is 5.32 Å². The van der Waals surface area contributed by atoms with E-state index in [1.165, 1.54) is 10.4 Å². The van der Waals surface area contributed by atoms with Crippen molar-refractivity contribution in [1.29, 1.82) is 0 Å². The van der Waals surface area contributed by atoms with Crippen molar-refractivity contribution in [2.45, 2.75) is 31.6 Å². The molecule has 0 saturated carbocycles. The van der Waals surface area contributed by atoms with Crippen LogP contribution in [0, 0.1) is 6.92 Å². The predicted octanol–water partition coefficient (Wildman–Crippen LogP) is 1.55. The number of nitrogens with one attached hydrogen (secondary N) is 1. The van der Waals surface area contributed by atoms with E-state index in [2.05, 4.69) is 5.32 Å². The fraction of sp³-hybridized carbons (Fsp3) is 0.562. The maximum atomic E-state index is 12.8. The highest BCUT2D eigenvalue weighted by molar-refractivity contribution is 7.89. The van der Waals surface area contributed by atoms with E-state index in [4.69, 9.17) is 4.74 Å². The highest BCUT2D eigenvalue weighted by atomic mass is 32.2. The zero-order valence-corrected chi connectivity index (χ0v) is 14.5. The van der Waals surface area contributed by atoms with E-state index >= 15 is 0 Å². The molecule has 1 aromatic rings. The Morgan fingerprint density at radius 3 is 2.65 bits per heavy atom. The van der Waals surface area contributed by atoms with Gasteiger partial charge in [0.1, 0.15) is 0 Å². The molecule has 1 aliphatic heterocycles. The number of aryl methyl sites for hydroxylation is 1. The molecule has 0 bridgehead atoms. The first kappa shape index (κ1) is 17.9. The first-order valence-corrected chi connectivity index (χ1v) is 9.37. The SMILES string of the molecule is CCCCNC(=O)c1ccc(C)c(S(=O)(=O)N2CCOCC2)c1. The summed E-state index contributed by atoms with van der Waals surface area (Å²) in [5, 5.41) is 2.81. The molecule has 7 heteroatoms. The van der Waals surface area contributed by atoms with Crippen molar-refractivity contribution in [1.82, 2.24) is 9.62 Å². The summed E-state index contributed by atoms with van der Waals surface area (Å²) in [7, 11) is -3.60. The summed E-state index contributed by atoms with van der Waals surface area (Å²) in [4.78, 5) is 12.3. The minimum atomic E-state index is -3.60. The van der Waals surface area contributed by atoms with E-state index in [0.29, 0.717) is 44.0 Å². The second-order valence-corrected chi connectivity index (χ2v) is 7.51. The van der Waals surface area contributed by atoms with Crippen molar-refractivity contribution in [3.8, 4) is 0 Å². The number of hydrogen-bond acceptors (Lipinski definition) is 4. The van der Waals surface area contributed by atoms with Gasteiger partial charge in [-0.1, -0.05) is 19.4 Å². The molecule has 0 aromatic heterocycles. The van der Waals surface area contributed by atoms with Gasteiger partial charge in [-0.3, -0.25) is 4.79 Å². The van der Waals surface area contributed by atoms with Crippen LogP contribution >= 0.6 is 0 Å². The molecule has 6 nitrogen and oxygen atoms in total. The molecule has 0 aliphatic carbocycles. The van der Waals surface area contributed by atoms with E-state index < -0.39 is 10.0 Å². The van der Waals surface area contributed by atoms with Gasteiger partial charge in [0.15, 0.2) is 0 Å². The van der Waals surface area contributed by atoms with Gasteiger partial charge in [0.2, 0.25) is 10.0 Å². The zero-order valence-electron chi connectivity index (χ0n) is 13.7. The van der Waals surface area contributed by atoms with Crippen molar-refractivity contribution in [3.05, 3.63) is 29.3 Å². The smallest absolute Gasteiger partial charge is 0.251 e. The number of carbonyl (C=O) groups excluding carboxylic acids is 1. The van der Waals surface area contributed by atoms with Gasteiger partial charge >= 0.3 is 0 Å². The lowest BCUT2D eigenvalue weighted by Gasteiger charge is -2.26. The highest BCUT2D eigenvalue weighted by Gasteiger charge is 2.28. The largest absolute Gasteiger partial charge is 0.379 e. The average molecular weight is 340 g/mol. The van der Waals surface area contributed by atoms with Crippen LogP contribution in [-0.2, 0) is 14.8 Å². The Hall–Kier alpha value is -1.44. The van der Waals surface area contributed by atoms with Crippen molar-refractivity contribution < 1.29 is 17.9 Å². The van der Waals surface area contributed by atoms with Crippen molar-refractivity contribution in [2.75, 3.05) is 32.8 Å². The minimum absolute atomic E-state index is 0.197. The van der Waals surface area contributed by atoms with Gasteiger partial charge < -0.3 is 10.1 Å². The maximum Gasteiger partial charge on any atom is 0.251 e. The Labute approximate surface area is 137 Å². The van der Waals surface area contributed by atoms with Crippen molar-refractivity contribution in [3.63, 3.8) is 0 Å². The molecule has 1 N–H and O–H groups in total. The lowest BCUT2D eigenvalue weighted by Crippen LogP contribution is -2.41. The number of benzene rings is 1. The topological polar surface area (TPSA) is 75.7 Å². The molecule has 1 amide bonds. The van der Waals surface area contributed by atoms with Gasteiger partial charge in [0, 0.05) is 25.2 Å². The van der Waals surface area contributed by atoms with E-state index in [1.807, 2.05) is 6.92 Å². The standard InChI is InChI=1S/C16H24N2O4S/c1-3-4-7-17-16(19)14-6-5-13(2)15(12-14)23(20,21)18-8-10-22-11-9-18/h5-6,12H,3-4,7-11H2,1-2H3,(H,17,19). The Morgan fingerprint density at radius 2 is 2.00 bits per heavy atom. The van der Waals surface area contributed by atoms with Gasteiger partial charge in [-0.15, -0.1) is 0 Å². The molecular formula is C16H24N2O4S. The number of sulfonamides is 1. The van der Waals surface area contributed by atoms with Gasteiger partial charge in [-0.05, 0) is 31.0 Å².